The van der Waals surface area contributed by atoms with Gasteiger partial charge in [0.2, 0.25) is 5.91 Å². The zero-order chi connectivity index (χ0) is 12.8. The molecule has 4 nitrogen and oxygen atoms in total. The van der Waals surface area contributed by atoms with Crippen LogP contribution in [0.3, 0.4) is 0 Å². The first-order valence-electron chi connectivity index (χ1n) is 5.42. The Hall–Kier alpha value is -0.750. The summed E-state index contributed by atoms with van der Waals surface area (Å²) < 4.78 is 24.7. The lowest BCUT2D eigenvalue weighted by molar-refractivity contribution is -0.119. The first-order valence-corrected chi connectivity index (χ1v) is 7.78. The molecule has 0 saturated heterocycles. The molecule has 6 heteroatoms. The fourth-order valence-corrected chi connectivity index (χ4v) is 5.74. The van der Waals surface area contributed by atoms with E-state index in [2.05, 4.69) is 11.9 Å². The number of hydrogen-bond donors (Lipinski definition) is 1. The van der Waals surface area contributed by atoms with Crippen LogP contribution in [0.2, 0.25) is 0 Å². The second kappa shape index (κ2) is 4.17. The number of nitrogens with one attached hydrogen (secondary N) is 1. The van der Waals surface area contributed by atoms with Crippen LogP contribution in [0.15, 0.2) is 21.3 Å². The normalized spacial score (nSPS) is 31.3. The quantitative estimate of drug-likeness (QED) is 0.787. The summed E-state index contributed by atoms with van der Waals surface area (Å²) in [5, 5.41) is 2.38. The molecule has 2 aliphatic rings. The second-order valence-electron chi connectivity index (χ2n) is 4.47. The summed E-state index contributed by atoms with van der Waals surface area (Å²) in [6.45, 7) is 6.97. The minimum atomic E-state index is -3.21. The number of thioether (sulfide) groups is 1. The Labute approximate surface area is 105 Å². The van der Waals surface area contributed by atoms with Crippen molar-refractivity contribution in [3.05, 3.63) is 21.3 Å². The predicted molar refractivity (Wildman–Crippen MR) is 69.0 cm³/mol. The summed E-state index contributed by atoms with van der Waals surface area (Å²) in [7, 11) is -3.21. The van der Waals surface area contributed by atoms with Gasteiger partial charge in [-0.05, 0) is 23.8 Å². The molecule has 0 radical (unpaired) electrons. The molecule has 2 unspecified atom stereocenters. The first kappa shape index (κ1) is 12.7. The Bertz CT molecular complexity index is 519. The fraction of sp³-hybridized carbons (Fsp3) is 0.545. The molecule has 2 heterocycles. The van der Waals surface area contributed by atoms with E-state index >= 15 is 0 Å². The summed E-state index contributed by atoms with van der Waals surface area (Å²) >= 11 is 1.24. The van der Waals surface area contributed by atoms with Gasteiger partial charge >= 0.3 is 0 Å². The molecular weight excluding hydrogens is 258 g/mol. The molecule has 1 N–H and O–H groups in total. The van der Waals surface area contributed by atoms with E-state index in [1.54, 1.807) is 6.92 Å². The molecule has 2 rings (SSSR count). The van der Waals surface area contributed by atoms with E-state index in [1.807, 2.05) is 0 Å². The minimum Gasteiger partial charge on any atom is -0.350 e. The molecule has 17 heavy (non-hydrogen) atoms. The second-order valence-corrected chi connectivity index (χ2v) is 8.23. The highest BCUT2D eigenvalue weighted by molar-refractivity contribution is 8.21. The van der Waals surface area contributed by atoms with Gasteiger partial charge in [0, 0.05) is 13.3 Å². The molecular formula is C11H15NO3S2. The van der Waals surface area contributed by atoms with Crippen molar-refractivity contribution >= 4 is 27.5 Å². The van der Waals surface area contributed by atoms with Crippen molar-refractivity contribution in [3.63, 3.8) is 0 Å². The summed E-state index contributed by atoms with van der Waals surface area (Å²) in [6, 6.07) is -0.159. The summed E-state index contributed by atoms with van der Waals surface area (Å²) in [5.41, 5.74) is 0.813. The van der Waals surface area contributed by atoms with Crippen molar-refractivity contribution in [2.24, 2.45) is 0 Å². The van der Waals surface area contributed by atoms with Crippen molar-refractivity contribution < 1.29 is 13.2 Å². The average molecular weight is 273 g/mol. The lowest BCUT2D eigenvalue weighted by Gasteiger charge is -2.28. The van der Waals surface area contributed by atoms with Gasteiger partial charge in [0.15, 0.2) is 9.84 Å². The number of allylic oxidation sites excluding steroid dienone is 1. The van der Waals surface area contributed by atoms with Crippen LogP contribution in [-0.2, 0) is 14.6 Å². The molecule has 0 saturated carbocycles. The Kier molecular flexibility index (Phi) is 3.12. The molecule has 2 aliphatic heterocycles. The topological polar surface area (TPSA) is 63.2 Å². The van der Waals surface area contributed by atoms with Gasteiger partial charge < -0.3 is 5.32 Å². The van der Waals surface area contributed by atoms with Crippen molar-refractivity contribution in [1.29, 1.82) is 0 Å². The number of amides is 1. The summed E-state index contributed by atoms with van der Waals surface area (Å²) in [5.74, 6) is -0.129. The van der Waals surface area contributed by atoms with Crippen molar-refractivity contribution in [1.82, 2.24) is 5.32 Å². The third-order valence-electron chi connectivity index (χ3n) is 3.04. The molecule has 94 valence electrons. The summed E-state index contributed by atoms with van der Waals surface area (Å²) in [6.07, 6.45) is 1.02. The number of hydrogen-bond acceptors (Lipinski definition) is 4. The first-order chi connectivity index (χ1) is 7.82. The van der Waals surface area contributed by atoms with Crippen molar-refractivity contribution in [3.8, 4) is 0 Å². The largest absolute Gasteiger partial charge is 0.350 e. The maximum Gasteiger partial charge on any atom is 0.217 e. The summed E-state index contributed by atoms with van der Waals surface area (Å²) in [4.78, 5) is 12.0. The molecule has 0 fully saturated rings. The van der Waals surface area contributed by atoms with Gasteiger partial charge in [-0.15, -0.1) is 0 Å². The molecule has 0 aromatic rings. The van der Waals surface area contributed by atoms with Crippen LogP contribution in [0.5, 0.6) is 0 Å². The fourth-order valence-electron chi connectivity index (χ4n) is 2.20. The number of carbonyl (C=O) groups is 1. The van der Waals surface area contributed by atoms with Gasteiger partial charge in [-0.25, -0.2) is 8.42 Å². The van der Waals surface area contributed by atoms with E-state index in [-0.39, 0.29) is 11.9 Å². The standard InChI is InChI=1S/C11H15NO3S2/c1-6-4-9-10(12-8(3)13)5-7(2)17(14,15)11(9)16-6/h7,10H,1,4-5H2,2-3H3,(H,12,13). The smallest absolute Gasteiger partial charge is 0.217 e. The molecule has 0 bridgehead atoms. The van der Waals surface area contributed by atoms with Crippen LogP contribution in [-0.4, -0.2) is 25.6 Å². The number of carbonyl (C=O) groups excluding carboxylic acids is 1. The van der Waals surface area contributed by atoms with Gasteiger partial charge in [-0.3, -0.25) is 4.79 Å². The highest BCUT2D eigenvalue weighted by Gasteiger charge is 2.42. The molecule has 0 aromatic heterocycles. The number of sulfone groups is 1. The van der Waals surface area contributed by atoms with E-state index in [0.717, 1.165) is 10.5 Å². The van der Waals surface area contributed by atoms with Crippen LogP contribution in [0.1, 0.15) is 26.7 Å². The number of rotatable bonds is 1. The Morgan fingerprint density at radius 3 is 2.76 bits per heavy atom. The monoisotopic (exact) mass is 273 g/mol. The zero-order valence-electron chi connectivity index (χ0n) is 9.82. The van der Waals surface area contributed by atoms with Crippen molar-refractivity contribution in [2.45, 2.75) is 38.0 Å². The molecule has 0 aliphatic carbocycles. The zero-order valence-corrected chi connectivity index (χ0v) is 11.5. The Morgan fingerprint density at radius 2 is 2.18 bits per heavy atom. The molecule has 2 atom stereocenters. The molecule has 0 aromatic carbocycles. The lowest BCUT2D eigenvalue weighted by atomic mass is 10.0. The van der Waals surface area contributed by atoms with Gasteiger partial charge in [0.1, 0.15) is 4.24 Å². The van der Waals surface area contributed by atoms with E-state index in [0.29, 0.717) is 17.1 Å². The van der Waals surface area contributed by atoms with Gasteiger partial charge in [0.05, 0.1) is 11.3 Å². The minimum absolute atomic E-state index is 0.129. The SMILES string of the molecule is C=C1CC2=C(S1)S(=O)(=O)C(C)CC2NC(C)=O. The predicted octanol–water partition coefficient (Wildman–Crippen LogP) is 1.56. The van der Waals surface area contributed by atoms with Crippen LogP contribution < -0.4 is 5.32 Å². The van der Waals surface area contributed by atoms with Crippen LogP contribution in [0.25, 0.3) is 0 Å². The van der Waals surface area contributed by atoms with E-state index in [9.17, 15) is 13.2 Å². The van der Waals surface area contributed by atoms with Gasteiger partial charge in [-0.1, -0.05) is 18.3 Å². The van der Waals surface area contributed by atoms with Gasteiger partial charge in [-0.2, -0.15) is 0 Å². The van der Waals surface area contributed by atoms with Crippen LogP contribution >= 0.6 is 11.8 Å². The van der Waals surface area contributed by atoms with E-state index in [4.69, 9.17) is 0 Å². The maximum absolute atomic E-state index is 12.1. The molecule has 0 spiro atoms. The van der Waals surface area contributed by atoms with E-state index in [1.165, 1.54) is 18.7 Å². The highest BCUT2D eigenvalue weighted by Crippen LogP contribution is 2.48. The van der Waals surface area contributed by atoms with Crippen LogP contribution in [0.4, 0.5) is 0 Å². The van der Waals surface area contributed by atoms with E-state index < -0.39 is 15.1 Å². The van der Waals surface area contributed by atoms with Crippen LogP contribution in [0, 0.1) is 0 Å². The average Bonchev–Trinajstić information content (AvgIpc) is 2.57. The third-order valence-corrected chi connectivity index (χ3v) is 6.90. The lowest BCUT2D eigenvalue weighted by Crippen LogP contribution is -2.42. The maximum atomic E-state index is 12.1. The third kappa shape index (κ3) is 2.15. The Balaban J connectivity index is 2.44. The highest BCUT2D eigenvalue weighted by atomic mass is 32.3. The van der Waals surface area contributed by atoms with Crippen molar-refractivity contribution in [2.75, 3.05) is 0 Å². The van der Waals surface area contributed by atoms with Gasteiger partial charge in [0.25, 0.3) is 0 Å². The Morgan fingerprint density at radius 1 is 1.53 bits per heavy atom. The molecule has 1 amide bonds.